The zero-order valence-corrected chi connectivity index (χ0v) is 11.3. The Kier molecular flexibility index (Phi) is 5.14. The number of nitrogens with zero attached hydrogens (tertiary/aromatic N) is 1. The van der Waals surface area contributed by atoms with Crippen LogP contribution in [-0.4, -0.2) is 41.0 Å². The molecule has 0 aromatic carbocycles. The first-order valence-corrected chi connectivity index (χ1v) is 6.72. The summed E-state index contributed by atoms with van der Waals surface area (Å²) in [5.74, 6) is -0.800. The van der Waals surface area contributed by atoms with Crippen molar-refractivity contribution in [3.8, 4) is 0 Å². The minimum absolute atomic E-state index is 0.00692. The number of likely N-dealkylation sites (tertiary alicyclic amines) is 1. The lowest BCUT2D eigenvalue weighted by Gasteiger charge is -2.23. The molecule has 0 spiro atoms. The fraction of sp³-hybridized carbons (Fsp3) is 0.846. The molecule has 1 saturated heterocycles. The van der Waals surface area contributed by atoms with Crippen LogP contribution in [0.1, 0.15) is 46.0 Å². The van der Waals surface area contributed by atoms with Crippen LogP contribution in [0.2, 0.25) is 0 Å². The summed E-state index contributed by atoms with van der Waals surface area (Å²) in [6.45, 7) is 4.77. The molecule has 5 nitrogen and oxygen atoms in total. The van der Waals surface area contributed by atoms with Crippen LogP contribution in [0.15, 0.2) is 0 Å². The molecule has 0 radical (unpaired) electrons. The predicted molar refractivity (Wildman–Crippen MR) is 69.1 cm³/mol. The van der Waals surface area contributed by atoms with E-state index in [2.05, 4.69) is 0 Å². The molecule has 1 amide bonds. The predicted octanol–water partition coefficient (Wildman–Crippen LogP) is 1.22. The molecule has 104 valence electrons. The Bertz CT molecular complexity index is 319. The fourth-order valence-corrected chi connectivity index (χ4v) is 2.53. The van der Waals surface area contributed by atoms with Crippen molar-refractivity contribution in [1.82, 2.24) is 4.90 Å². The molecule has 2 unspecified atom stereocenters. The highest BCUT2D eigenvalue weighted by Crippen LogP contribution is 2.34. The summed E-state index contributed by atoms with van der Waals surface area (Å²) in [6, 6.07) is -0.107. The van der Waals surface area contributed by atoms with E-state index in [9.17, 15) is 14.7 Å². The maximum absolute atomic E-state index is 12.0. The Balaban J connectivity index is 2.55. The lowest BCUT2D eigenvalue weighted by Crippen LogP contribution is -2.38. The first-order valence-electron chi connectivity index (χ1n) is 6.72. The first-order chi connectivity index (χ1) is 8.45. The van der Waals surface area contributed by atoms with Crippen LogP contribution in [0.3, 0.4) is 0 Å². The average Bonchev–Trinajstić information content (AvgIpc) is 2.74. The Morgan fingerprint density at radius 3 is 2.56 bits per heavy atom. The molecule has 1 heterocycles. The molecule has 0 aliphatic carbocycles. The van der Waals surface area contributed by atoms with Crippen molar-refractivity contribution in [3.63, 3.8) is 0 Å². The highest BCUT2D eigenvalue weighted by Gasteiger charge is 2.44. The van der Waals surface area contributed by atoms with Crippen molar-refractivity contribution < 1.29 is 14.7 Å². The standard InChI is InChI=1S/C13H24N2O3/c1-3-5-10(14)8-11(16)15-7-6-13(4-2,9-15)12(17)18/h10H,3-9,14H2,1-2H3,(H,17,18). The third-order valence-electron chi connectivity index (χ3n) is 3.93. The third kappa shape index (κ3) is 3.22. The van der Waals surface area contributed by atoms with Crippen molar-refractivity contribution in [2.24, 2.45) is 11.1 Å². The second-order valence-corrected chi connectivity index (χ2v) is 5.26. The van der Waals surface area contributed by atoms with Crippen molar-refractivity contribution in [2.75, 3.05) is 13.1 Å². The van der Waals surface area contributed by atoms with Crippen molar-refractivity contribution in [3.05, 3.63) is 0 Å². The SMILES string of the molecule is CCCC(N)CC(=O)N1CCC(CC)(C(=O)O)C1. The van der Waals surface area contributed by atoms with Gasteiger partial charge in [-0.2, -0.15) is 0 Å². The van der Waals surface area contributed by atoms with E-state index in [0.29, 0.717) is 32.4 Å². The second-order valence-electron chi connectivity index (χ2n) is 5.26. The van der Waals surface area contributed by atoms with E-state index in [1.807, 2.05) is 13.8 Å². The van der Waals surface area contributed by atoms with Gasteiger partial charge in [0.25, 0.3) is 0 Å². The van der Waals surface area contributed by atoms with Crippen LogP contribution < -0.4 is 5.73 Å². The minimum Gasteiger partial charge on any atom is -0.481 e. The molecule has 1 rings (SSSR count). The molecule has 5 heteroatoms. The molecule has 0 bridgehead atoms. The number of carboxylic acids is 1. The van der Waals surface area contributed by atoms with Crippen LogP contribution in [0.5, 0.6) is 0 Å². The number of hydrogen-bond donors (Lipinski definition) is 2. The molecule has 18 heavy (non-hydrogen) atoms. The Hall–Kier alpha value is -1.10. The number of amides is 1. The van der Waals surface area contributed by atoms with Gasteiger partial charge in [-0.1, -0.05) is 20.3 Å². The average molecular weight is 256 g/mol. The van der Waals surface area contributed by atoms with Crippen molar-refractivity contribution >= 4 is 11.9 Å². The highest BCUT2D eigenvalue weighted by molar-refractivity contribution is 5.81. The molecule has 1 fully saturated rings. The zero-order valence-electron chi connectivity index (χ0n) is 11.3. The number of carbonyl (C=O) groups excluding carboxylic acids is 1. The molecular formula is C13H24N2O3. The monoisotopic (exact) mass is 256 g/mol. The van der Waals surface area contributed by atoms with E-state index in [-0.39, 0.29) is 11.9 Å². The smallest absolute Gasteiger partial charge is 0.311 e. The maximum atomic E-state index is 12.0. The largest absolute Gasteiger partial charge is 0.481 e. The van der Waals surface area contributed by atoms with Gasteiger partial charge in [-0.05, 0) is 19.3 Å². The van der Waals surface area contributed by atoms with Gasteiger partial charge >= 0.3 is 5.97 Å². The fourth-order valence-electron chi connectivity index (χ4n) is 2.53. The molecule has 0 aromatic rings. The van der Waals surface area contributed by atoms with Gasteiger partial charge in [-0.25, -0.2) is 0 Å². The van der Waals surface area contributed by atoms with Gasteiger partial charge in [0.05, 0.1) is 5.41 Å². The summed E-state index contributed by atoms with van der Waals surface area (Å²) in [4.78, 5) is 25.0. The van der Waals surface area contributed by atoms with Gasteiger partial charge in [0.1, 0.15) is 0 Å². The Labute approximate surface area is 108 Å². The zero-order chi connectivity index (χ0) is 13.8. The Morgan fingerprint density at radius 1 is 1.44 bits per heavy atom. The van der Waals surface area contributed by atoms with Crippen molar-refractivity contribution in [2.45, 2.75) is 52.0 Å². The van der Waals surface area contributed by atoms with Gasteiger partial charge in [-0.15, -0.1) is 0 Å². The van der Waals surface area contributed by atoms with Crippen LogP contribution in [0.25, 0.3) is 0 Å². The number of hydrogen-bond acceptors (Lipinski definition) is 3. The molecule has 0 saturated carbocycles. The number of rotatable bonds is 6. The van der Waals surface area contributed by atoms with E-state index >= 15 is 0 Å². The molecule has 1 aliphatic heterocycles. The van der Waals surface area contributed by atoms with Gasteiger partial charge < -0.3 is 15.7 Å². The van der Waals surface area contributed by atoms with E-state index in [4.69, 9.17) is 5.73 Å². The van der Waals surface area contributed by atoms with E-state index in [1.165, 1.54) is 0 Å². The summed E-state index contributed by atoms with van der Waals surface area (Å²) >= 11 is 0. The van der Waals surface area contributed by atoms with Crippen LogP contribution >= 0.6 is 0 Å². The number of nitrogens with two attached hydrogens (primary N) is 1. The normalized spacial score (nSPS) is 25.2. The number of carboxylic acid groups (broad SMARTS) is 1. The quantitative estimate of drug-likeness (QED) is 0.748. The molecular weight excluding hydrogens is 232 g/mol. The molecule has 0 aromatic heterocycles. The first kappa shape index (κ1) is 15.0. The second kappa shape index (κ2) is 6.18. The number of carbonyl (C=O) groups is 2. The topological polar surface area (TPSA) is 83.6 Å². The highest BCUT2D eigenvalue weighted by atomic mass is 16.4. The van der Waals surface area contributed by atoms with Gasteiger partial charge in [0.2, 0.25) is 5.91 Å². The van der Waals surface area contributed by atoms with Crippen LogP contribution in [0.4, 0.5) is 0 Å². The van der Waals surface area contributed by atoms with Crippen LogP contribution in [-0.2, 0) is 9.59 Å². The van der Waals surface area contributed by atoms with E-state index in [0.717, 1.165) is 12.8 Å². The number of aliphatic carboxylic acids is 1. The Morgan fingerprint density at radius 2 is 2.11 bits per heavy atom. The van der Waals surface area contributed by atoms with Crippen molar-refractivity contribution in [1.29, 1.82) is 0 Å². The summed E-state index contributed by atoms with van der Waals surface area (Å²) in [6.07, 6.45) is 3.23. The maximum Gasteiger partial charge on any atom is 0.311 e. The minimum atomic E-state index is -0.793. The van der Waals surface area contributed by atoms with Gasteiger partial charge in [0, 0.05) is 25.6 Å². The summed E-state index contributed by atoms with van der Waals surface area (Å²) in [5, 5.41) is 9.27. The summed E-state index contributed by atoms with van der Waals surface area (Å²) in [7, 11) is 0. The molecule has 1 aliphatic rings. The lowest BCUT2D eigenvalue weighted by molar-refractivity contribution is -0.148. The summed E-state index contributed by atoms with van der Waals surface area (Å²) in [5.41, 5.74) is 5.10. The lowest BCUT2D eigenvalue weighted by atomic mass is 9.84. The molecule has 3 N–H and O–H groups in total. The van der Waals surface area contributed by atoms with E-state index < -0.39 is 11.4 Å². The van der Waals surface area contributed by atoms with Crippen LogP contribution in [0, 0.1) is 5.41 Å². The van der Waals surface area contributed by atoms with E-state index in [1.54, 1.807) is 4.90 Å². The molecule has 2 atom stereocenters. The van der Waals surface area contributed by atoms with Gasteiger partial charge in [0.15, 0.2) is 0 Å². The third-order valence-corrected chi connectivity index (χ3v) is 3.93. The van der Waals surface area contributed by atoms with Gasteiger partial charge in [-0.3, -0.25) is 9.59 Å². The summed E-state index contributed by atoms with van der Waals surface area (Å²) < 4.78 is 0.